The number of aliphatic hydroxyl groups is 1. The smallest absolute Gasteiger partial charge is 0.330 e. The van der Waals surface area contributed by atoms with E-state index in [4.69, 9.17) is 21.4 Å². The molecule has 0 aliphatic heterocycles. The van der Waals surface area contributed by atoms with Crippen molar-refractivity contribution in [3.63, 3.8) is 0 Å². The summed E-state index contributed by atoms with van der Waals surface area (Å²) in [6, 6.07) is 1.89. The Morgan fingerprint density at radius 2 is 2.10 bits per heavy atom. The number of benzene rings is 1. The minimum absolute atomic E-state index is 0.167. The van der Waals surface area contributed by atoms with Crippen molar-refractivity contribution in [3.05, 3.63) is 26.3 Å². The predicted octanol–water partition coefficient (Wildman–Crippen LogP) is 1.22. The van der Waals surface area contributed by atoms with Gasteiger partial charge in [-0.1, -0.05) is 11.6 Å². The van der Waals surface area contributed by atoms with E-state index in [1.165, 1.54) is 20.3 Å². The first kappa shape index (κ1) is 17.0. The van der Waals surface area contributed by atoms with Crippen molar-refractivity contribution in [3.8, 4) is 5.75 Å². The zero-order valence-electron chi connectivity index (χ0n) is 10.8. The summed E-state index contributed by atoms with van der Waals surface area (Å²) in [6.45, 7) is -0.571. The number of hydrogen-bond donors (Lipinski definition) is 2. The average molecular weight is 414 g/mol. The van der Waals surface area contributed by atoms with Crippen LogP contribution in [0.15, 0.2) is 12.1 Å². The van der Waals surface area contributed by atoms with Gasteiger partial charge in [0, 0.05) is 3.57 Å². The van der Waals surface area contributed by atoms with Crippen molar-refractivity contribution in [2.75, 3.05) is 20.8 Å². The summed E-state index contributed by atoms with van der Waals surface area (Å²) in [5.74, 6) is -1.01. The standard InChI is InChI=1S/C12H13ClINO5/c1-19-10-4-8(14)7(13)3-6(10)11(17)15-9(5-16)12(18)20-2/h3-4,9,16H,5H2,1-2H3,(H,15,17). The number of carbonyl (C=O) groups excluding carboxylic acids is 2. The molecule has 0 fully saturated rings. The number of hydrogen-bond acceptors (Lipinski definition) is 5. The highest BCUT2D eigenvalue weighted by atomic mass is 127. The van der Waals surface area contributed by atoms with Crippen LogP contribution in [-0.2, 0) is 9.53 Å². The lowest BCUT2D eigenvalue weighted by molar-refractivity contribution is -0.143. The molecule has 0 saturated carbocycles. The van der Waals surface area contributed by atoms with Crippen molar-refractivity contribution >= 4 is 46.1 Å². The van der Waals surface area contributed by atoms with Crippen LogP contribution >= 0.6 is 34.2 Å². The molecule has 1 amide bonds. The van der Waals surface area contributed by atoms with Gasteiger partial charge in [-0.05, 0) is 34.7 Å². The number of nitrogens with one attached hydrogen (secondary N) is 1. The Morgan fingerprint density at radius 1 is 1.45 bits per heavy atom. The Bertz CT molecular complexity index is 523. The van der Waals surface area contributed by atoms with Crippen molar-refractivity contribution in [2.24, 2.45) is 0 Å². The minimum atomic E-state index is -1.14. The van der Waals surface area contributed by atoms with Crippen LogP contribution < -0.4 is 10.1 Å². The Hall–Kier alpha value is -1.06. The number of rotatable bonds is 5. The molecule has 6 nitrogen and oxygen atoms in total. The zero-order chi connectivity index (χ0) is 15.3. The van der Waals surface area contributed by atoms with Gasteiger partial charge in [0.1, 0.15) is 5.75 Å². The topological polar surface area (TPSA) is 84.9 Å². The largest absolute Gasteiger partial charge is 0.496 e. The first-order valence-corrected chi connectivity index (χ1v) is 6.92. The van der Waals surface area contributed by atoms with Crippen LogP contribution in [0.3, 0.4) is 0 Å². The van der Waals surface area contributed by atoms with E-state index in [9.17, 15) is 9.59 Å². The molecule has 0 radical (unpaired) electrons. The molecule has 1 atom stereocenters. The molecule has 0 aliphatic rings. The second-order valence-electron chi connectivity index (χ2n) is 3.70. The lowest BCUT2D eigenvalue weighted by atomic mass is 10.1. The first-order valence-electron chi connectivity index (χ1n) is 5.47. The molecule has 2 N–H and O–H groups in total. The monoisotopic (exact) mass is 413 g/mol. The molecule has 0 aromatic heterocycles. The van der Waals surface area contributed by atoms with Crippen molar-refractivity contribution in [1.29, 1.82) is 0 Å². The zero-order valence-corrected chi connectivity index (χ0v) is 13.7. The number of methoxy groups -OCH3 is 2. The maximum Gasteiger partial charge on any atom is 0.330 e. The van der Waals surface area contributed by atoms with Gasteiger partial charge in [0.25, 0.3) is 5.91 Å². The summed E-state index contributed by atoms with van der Waals surface area (Å²) in [5.41, 5.74) is 0.167. The fourth-order valence-corrected chi connectivity index (χ4v) is 2.03. The minimum Gasteiger partial charge on any atom is -0.496 e. The molecule has 1 rings (SSSR count). The lowest BCUT2D eigenvalue weighted by Crippen LogP contribution is -2.44. The van der Waals surface area contributed by atoms with E-state index in [2.05, 4.69) is 10.1 Å². The van der Waals surface area contributed by atoms with Gasteiger partial charge in [-0.15, -0.1) is 0 Å². The molecule has 0 saturated heterocycles. The third kappa shape index (κ3) is 3.97. The van der Waals surface area contributed by atoms with Crippen LogP contribution in [0, 0.1) is 3.57 Å². The fourth-order valence-electron chi connectivity index (χ4n) is 1.43. The molecule has 0 spiro atoms. The van der Waals surface area contributed by atoms with E-state index in [1.807, 2.05) is 22.6 Å². The molecule has 20 heavy (non-hydrogen) atoms. The maximum atomic E-state index is 12.1. The third-order valence-corrected chi connectivity index (χ3v) is 3.98. The van der Waals surface area contributed by atoms with Crippen LogP contribution in [0.1, 0.15) is 10.4 Å². The van der Waals surface area contributed by atoms with Gasteiger partial charge < -0.3 is 19.9 Å². The Balaban J connectivity index is 3.02. The normalized spacial score (nSPS) is 11.7. The second kappa shape index (κ2) is 7.65. The molecule has 110 valence electrons. The highest BCUT2D eigenvalue weighted by Gasteiger charge is 2.23. The molecule has 0 bridgehead atoms. The second-order valence-corrected chi connectivity index (χ2v) is 5.27. The average Bonchev–Trinajstić information content (AvgIpc) is 2.45. The van der Waals surface area contributed by atoms with E-state index in [0.29, 0.717) is 10.8 Å². The molecule has 8 heteroatoms. The Morgan fingerprint density at radius 3 is 2.60 bits per heavy atom. The van der Waals surface area contributed by atoms with Gasteiger partial charge >= 0.3 is 5.97 Å². The number of amides is 1. The highest BCUT2D eigenvalue weighted by Crippen LogP contribution is 2.28. The highest BCUT2D eigenvalue weighted by molar-refractivity contribution is 14.1. The van der Waals surface area contributed by atoms with E-state index < -0.39 is 24.5 Å². The fraction of sp³-hybridized carbons (Fsp3) is 0.333. The summed E-state index contributed by atoms with van der Waals surface area (Å²) in [7, 11) is 2.58. The number of ether oxygens (including phenoxy) is 2. The molecule has 1 aromatic rings. The summed E-state index contributed by atoms with van der Waals surface area (Å²) in [5, 5.41) is 11.8. The summed E-state index contributed by atoms with van der Waals surface area (Å²) in [6.07, 6.45) is 0. The quantitative estimate of drug-likeness (QED) is 0.560. The van der Waals surface area contributed by atoms with Crippen molar-refractivity contribution in [2.45, 2.75) is 6.04 Å². The van der Waals surface area contributed by atoms with Crippen LogP contribution in [0.2, 0.25) is 5.02 Å². The molecule has 1 aromatic carbocycles. The van der Waals surface area contributed by atoms with E-state index in [1.54, 1.807) is 6.07 Å². The molecule has 1 unspecified atom stereocenters. The predicted molar refractivity (Wildman–Crippen MR) is 81.1 cm³/mol. The summed E-state index contributed by atoms with van der Waals surface area (Å²) < 4.78 is 10.3. The van der Waals surface area contributed by atoms with Gasteiger partial charge in [-0.3, -0.25) is 4.79 Å². The van der Waals surface area contributed by atoms with Crippen molar-refractivity contribution in [1.82, 2.24) is 5.32 Å². The van der Waals surface area contributed by atoms with Crippen LogP contribution in [0.4, 0.5) is 0 Å². The number of esters is 1. The number of aliphatic hydroxyl groups excluding tert-OH is 1. The molecule has 0 heterocycles. The summed E-state index contributed by atoms with van der Waals surface area (Å²) >= 11 is 7.97. The number of halogens is 2. The molecule has 0 aliphatic carbocycles. The van der Waals surface area contributed by atoms with E-state index in [0.717, 1.165) is 3.57 Å². The number of carbonyl (C=O) groups is 2. The van der Waals surface area contributed by atoms with Crippen molar-refractivity contribution < 1.29 is 24.2 Å². The van der Waals surface area contributed by atoms with Gasteiger partial charge in [0.15, 0.2) is 6.04 Å². The van der Waals surface area contributed by atoms with E-state index in [-0.39, 0.29) is 5.56 Å². The van der Waals surface area contributed by atoms with E-state index >= 15 is 0 Å². The maximum absolute atomic E-state index is 12.1. The third-order valence-electron chi connectivity index (χ3n) is 2.46. The Kier molecular flexibility index (Phi) is 6.50. The first-order chi connectivity index (χ1) is 9.44. The lowest BCUT2D eigenvalue weighted by Gasteiger charge is -2.15. The van der Waals surface area contributed by atoms with Gasteiger partial charge in [-0.25, -0.2) is 4.79 Å². The van der Waals surface area contributed by atoms with Crippen LogP contribution in [0.25, 0.3) is 0 Å². The Labute approximate surface area is 134 Å². The van der Waals surface area contributed by atoms with Crippen LogP contribution in [-0.4, -0.2) is 43.9 Å². The van der Waals surface area contributed by atoms with Gasteiger partial charge in [-0.2, -0.15) is 0 Å². The van der Waals surface area contributed by atoms with Gasteiger partial charge in [0.2, 0.25) is 0 Å². The molecular formula is C12H13ClINO5. The SMILES string of the molecule is COC(=O)C(CO)NC(=O)c1cc(Cl)c(I)cc1OC. The van der Waals surface area contributed by atoms with Crippen LogP contribution in [0.5, 0.6) is 5.75 Å². The summed E-state index contributed by atoms with van der Waals surface area (Å²) in [4.78, 5) is 23.4. The molecular weight excluding hydrogens is 400 g/mol. The van der Waals surface area contributed by atoms with Gasteiger partial charge in [0.05, 0.1) is 31.4 Å².